The van der Waals surface area contributed by atoms with Crippen molar-refractivity contribution in [2.24, 2.45) is 5.41 Å². The lowest BCUT2D eigenvalue weighted by Gasteiger charge is -2.32. The van der Waals surface area contributed by atoms with Crippen LogP contribution >= 0.6 is 0 Å². The van der Waals surface area contributed by atoms with Crippen LogP contribution in [0, 0.1) is 11.2 Å². The van der Waals surface area contributed by atoms with Gasteiger partial charge in [0.05, 0.1) is 24.0 Å². The number of nitrogens with zero attached hydrogens (tertiary/aromatic N) is 1. The van der Waals surface area contributed by atoms with Gasteiger partial charge in [0, 0.05) is 17.7 Å². The van der Waals surface area contributed by atoms with E-state index in [-0.39, 0.29) is 24.2 Å². The van der Waals surface area contributed by atoms with Gasteiger partial charge in [-0.05, 0) is 55.0 Å². The number of hydrogen-bond acceptors (Lipinski definition) is 3. The highest BCUT2D eigenvalue weighted by atomic mass is 19.3. The van der Waals surface area contributed by atoms with Crippen molar-refractivity contribution < 1.29 is 13.2 Å². The molecule has 0 radical (unpaired) electrons. The maximum atomic E-state index is 14.5. The summed E-state index contributed by atoms with van der Waals surface area (Å²) < 4.78 is 42.1. The second-order valence-corrected chi connectivity index (χ2v) is 10.9. The number of hydrogen-bond donors (Lipinski definition) is 2. The van der Waals surface area contributed by atoms with Crippen molar-refractivity contribution in [3.05, 3.63) is 78.0 Å². The van der Waals surface area contributed by atoms with Crippen molar-refractivity contribution in [1.82, 2.24) is 15.6 Å². The Bertz CT molecular complexity index is 1040. The molecule has 36 heavy (non-hydrogen) atoms. The van der Waals surface area contributed by atoms with Crippen molar-refractivity contribution in [2.45, 2.75) is 84.1 Å². The number of pyridine rings is 1. The molecule has 0 saturated carbocycles. The molecule has 0 amide bonds. The molecule has 0 spiro atoms. The van der Waals surface area contributed by atoms with Gasteiger partial charge in [0.25, 0.3) is 5.92 Å². The molecular formula is C30H40F3N3. The number of halogens is 3. The van der Waals surface area contributed by atoms with Gasteiger partial charge in [-0.2, -0.15) is 0 Å². The Labute approximate surface area is 214 Å². The van der Waals surface area contributed by atoms with E-state index in [1.807, 2.05) is 30.5 Å². The molecule has 1 aliphatic rings. The van der Waals surface area contributed by atoms with E-state index in [1.165, 1.54) is 17.8 Å². The highest BCUT2D eigenvalue weighted by molar-refractivity contribution is 5.59. The summed E-state index contributed by atoms with van der Waals surface area (Å²) in [5.41, 5.74) is 3.49. The van der Waals surface area contributed by atoms with Crippen LogP contribution in [0.5, 0.6) is 0 Å². The van der Waals surface area contributed by atoms with Crippen LogP contribution in [0.2, 0.25) is 0 Å². The molecule has 3 rings (SSSR count). The van der Waals surface area contributed by atoms with Crippen LogP contribution in [0.15, 0.2) is 66.6 Å². The summed E-state index contributed by atoms with van der Waals surface area (Å²) in [6, 6.07) is 10.6. The topological polar surface area (TPSA) is 37.0 Å². The fourth-order valence-electron chi connectivity index (χ4n) is 4.68. The number of nitrogens with one attached hydrogen (secondary N) is 2. The van der Waals surface area contributed by atoms with Crippen LogP contribution in [0.25, 0.3) is 11.3 Å². The SMILES string of the molecule is C=C(N/C=C(\CCCC)CC(C)(C)CC)C1(Cc2ccc(-c3ccc(F)cn3)cc2)CC(F)(F)CN1. The lowest BCUT2D eigenvalue weighted by molar-refractivity contribution is 0.0174. The van der Waals surface area contributed by atoms with Crippen LogP contribution in [-0.2, 0) is 6.42 Å². The second-order valence-electron chi connectivity index (χ2n) is 10.9. The van der Waals surface area contributed by atoms with Crippen molar-refractivity contribution >= 4 is 0 Å². The molecule has 2 N–H and O–H groups in total. The zero-order valence-corrected chi connectivity index (χ0v) is 22.1. The van der Waals surface area contributed by atoms with Crippen LogP contribution in [-0.4, -0.2) is 23.0 Å². The maximum Gasteiger partial charge on any atom is 0.262 e. The Morgan fingerprint density at radius 3 is 2.44 bits per heavy atom. The van der Waals surface area contributed by atoms with E-state index < -0.39 is 11.5 Å². The molecule has 1 aliphatic heterocycles. The largest absolute Gasteiger partial charge is 0.364 e. The molecule has 0 aliphatic carbocycles. The molecule has 1 fully saturated rings. The Balaban J connectivity index is 1.80. The number of alkyl halides is 2. The molecule has 1 saturated heterocycles. The monoisotopic (exact) mass is 499 g/mol. The van der Waals surface area contributed by atoms with Crippen LogP contribution in [0.4, 0.5) is 13.2 Å². The molecule has 1 atom stereocenters. The van der Waals surface area contributed by atoms with Gasteiger partial charge in [0.2, 0.25) is 0 Å². The standard InChI is InChI=1S/C30H40F3N3/c1-6-8-9-24(16-28(4,5)7-2)18-34-22(3)29(20-30(32,33)21-36-29)17-23-10-12-25(13-11-23)27-15-14-26(31)19-35-27/h10-15,18-19,34,36H,3,6-9,16-17,20-21H2,1-2,4-5H3/b24-18+. The molecule has 6 heteroatoms. The van der Waals surface area contributed by atoms with E-state index >= 15 is 0 Å². The molecule has 196 valence electrons. The average molecular weight is 500 g/mol. The zero-order chi connectivity index (χ0) is 26.4. The van der Waals surface area contributed by atoms with E-state index in [0.717, 1.165) is 43.2 Å². The summed E-state index contributed by atoms with van der Waals surface area (Å²) in [6.45, 7) is 12.7. The van der Waals surface area contributed by atoms with Gasteiger partial charge in [-0.1, -0.05) is 77.0 Å². The van der Waals surface area contributed by atoms with E-state index in [0.29, 0.717) is 17.8 Å². The van der Waals surface area contributed by atoms with Crippen LogP contribution < -0.4 is 10.6 Å². The Morgan fingerprint density at radius 2 is 1.89 bits per heavy atom. The van der Waals surface area contributed by atoms with Gasteiger partial charge < -0.3 is 5.32 Å². The lowest BCUT2D eigenvalue weighted by atomic mass is 9.82. The third-order valence-electron chi connectivity index (χ3n) is 7.27. The summed E-state index contributed by atoms with van der Waals surface area (Å²) >= 11 is 0. The number of benzene rings is 1. The molecular weight excluding hydrogens is 459 g/mol. The van der Waals surface area contributed by atoms with E-state index in [4.69, 9.17) is 0 Å². The molecule has 1 unspecified atom stereocenters. The summed E-state index contributed by atoms with van der Waals surface area (Å²) in [4.78, 5) is 4.12. The van der Waals surface area contributed by atoms with Gasteiger partial charge in [-0.15, -0.1) is 0 Å². The average Bonchev–Trinajstić information content (AvgIpc) is 3.16. The van der Waals surface area contributed by atoms with Crippen molar-refractivity contribution in [3.8, 4) is 11.3 Å². The fourth-order valence-corrected chi connectivity index (χ4v) is 4.68. The third kappa shape index (κ3) is 7.45. The smallest absolute Gasteiger partial charge is 0.262 e. The predicted molar refractivity (Wildman–Crippen MR) is 142 cm³/mol. The summed E-state index contributed by atoms with van der Waals surface area (Å²) in [5, 5.41) is 6.42. The van der Waals surface area contributed by atoms with Crippen LogP contribution in [0.1, 0.15) is 71.8 Å². The quantitative estimate of drug-likeness (QED) is 0.313. The Kier molecular flexibility index (Phi) is 9.04. The number of aromatic nitrogens is 1. The van der Waals surface area contributed by atoms with Gasteiger partial charge in [-0.3, -0.25) is 10.3 Å². The minimum absolute atomic E-state index is 0.181. The van der Waals surface area contributed by atoms with Crippen molar-refractivity contribution in [1.29, 1.82) is 0 Å². The van der Waals surface area contributed by atoms with Crippen LogP contribution in [0.3, 0.4) is 0 Å². The fraction of sp³-hybridized carbons (Fsp3) is 0.500. The van der Waals surface area contributed by atoms with Gasteiger partial charge in [0.15, 0.2) is 0 Å². The first kappa shape index (κ1) is 28.0. The lowest BCUT2D eigenvalue weighted by Crippen LogP contribution is -2.47. The highest BCUT2D eigenvalue weighted by Crippen LogP contribution is 2.38. The van der Waals surface area contributed by atoms with Gasteiger partial charge in [-0.25, -0.2) is 13.2 Å². The first-order valence-electron chi connectivity index (χ1n) is 13.0. The van der Waals surface area contributed by atoms with Crippen molar-refractivity contribution in [2.75, 3.05) is 6.54 Å². The number of allylic oxidation sites excluding steroid dienone is 1. The minimum Gasteiger partial charge on any atom is -0.364 e. The molecule has 0 bridgehead atoms. The maximum absolute atomic E-state index is 14.5. The molecule has 1 aromatic carbocycles. The van der Waals surface area contributed by atoms with Gasteiger partial charge in [0.1, 0.15) is 5.82 Å². The van der Waals surface area contributed by atoms with E-state index in [1.54, 1.807) is 6.07 Å². The summed E-state index contributed by atoms with van der Waals surface area (Å²) in [6.07, 6.45) is 8.45. The molecule has 2 heterocycles. The second kappa shape index (κ2) is 11.6. The van der Waals surface area contributed by atoms with E-state index in [2.05, 4.69) is 49.9 Å². The van der Waals surface area contributed by atoms with Crippen molar-refractivity contribution in [3.63, 3.8) is 0 Å². The molecule has 1 aromatic heterocycles. The number of rotatable bonds is 12. The first-order chi connectivity index (χ1) is 17.0. The van der Waals surface area contributed by atoms with Gasteiger partial charge >= 0.3 is 0 Å². The third-order valence-corrected chi connectivity index (χ3v) is 7.27. The predicted octanol–water partition coefficient (Wildman–Crippen LogP) is 7.80. The molecule has 3 nitrogen and oxygen atoms in total. The Hall–Kier alpha value is -2.60. The number of unbranched alkanes of at least 4 members (excludes halogenated alkanes) is 1. The zero-order valence-electron chi connectivity index (χ0n) is 22.1. The Morgan fingerprint density at radius 1 is 1.17 bits per heavy atom. The molecule has 2 aromatic rings. The normalized spacial score (nSPS) is 19.9. The summed E-state index contributed by atoms with van der Waals surface area (Å²) in [5.74, 6) is -3.19. The highest BCUT2D eigenvalue weighted by Gasteiger charge is 2.50. The summed E-state index contributed by atoms with van der Waals surface area (Å²) in [7, 11) is 0. The van der Waals surface area contributed by atoms with E-state index in [9.17, 15) is 13.2 Å². The minimum atomic E-state index is -2.80. The first-order valence-corrected chi connectivity index (χ1v) is 13.0.